The van der Waals surface area contributed by atoms with Gasteiger partial charge in [-0.3, -0.25) is 0 Å². The molecule has 0 spiro atoms. The molecule has 0 aromatic heterocycles. The van der Waals surface area contributed by atoms with Crippen molar-refractivity contribution in [2.45, 2.75) is 52.6 Å². The lowest BCUT2D eigenvalue weighted by molar-refractivity contribution is -0.0742. The average molecular weight is 186 g/mol. The zero-order valence-electron chi connectivity index (χ0n) is 9.50. The van der Waals surface area contributed by atoms with Crippen LogP contribution >= 0.6 is 0 Å². The number of nitrogens with zero attached hydrogens (tertiary/aromatic N) is 2. The summed E-state index contributed by atoms with van der Waals surface area (Å²) in [5.41, 5.74) is 0.167. The Balaban J connectivity index is 2.64. The van der Waals surface area contributed by atoms with Crippen molar-refractivity contribution in [3.8, 4) is 0 Å². The molecule has 78 valence electrons. The molecular formula is C10H22N2O. The second-order valence-corrected chi connectivity index (χ2v) is 4.73. The number of rotatable bonds is 2. The summed E-state index contributed by atoms with van der Waals surface area (Å²) in [6, 6.07) is 0.571. The molecule has 0 N–H and O–H groups in total. The lowest BCUT2D eigenvalue weighted by Crippen LogP contribution is -2.51. The summed E-state index contributed by atoms with van der Waals surface area (Å²) in [4.78, 5) is 0. The van der Waals surface area contributed by atoms with Crippen LogP contribution in [0.15, 0.2) is 0 Å². The number of ether oxygens (including phenoxy) is 1. The number of hydrazine groups is 1. The van der Waals surface area contributed by atoms with E-state index in [4.69, 9.17) is 4.74 Å². The minimum absolute atomic E-state index is 0.167. The number of hydrogen-bond acceptors (Lipinski definition) is 3. The van der Waals surface area contributed by atoms with Gasteiger partial charge in [-0.2, -0.15) is 0 Å². The van der Waals surface area contributed by atoms with Crippen LogP contribution in [0.3, 0.4) is 0 Å². The Bertz CT molecular complexity index is 165. The van der Waals surface area contributed by atoms with E-state index in [9.17, 15) is 0 Å². The van der Waals surface area contributed by atoms with Crippen molar-refractivity contribution in [2.75, 3.05) is 13.5 Å². The molecule has 1 aliphatic rings. The summed E-state index contributed by atoms with van der Waals surface area (Å²) in [6.07, 6.45) is 1.16. The molecule has 1 rings (SSSR count). The molecule has 13 heavy (non-hydrogen) atoms. The van der Waals surface area contributed by atoms with E-state index in [1.165, 1.54) is 0 Å². The molecule has 3 nitrogen and oxygen atoms in total. The third kappa shape index (κ3) is 2.42. The van der Waals surface area contributed by atoms with Crippen LogP contribution in [0.25, 0.3) is 0 Å². The lowest BCUT2D eigenvalue weighted by atomic mass is 10.1. The Morgan fingerprint density at radius 2 is 1.92 bits per heavy atom. The SMILES string of the molecule is CC[C@H](C)N1COCN1C(C)(C)C. The summed E-state index contributed by atoms with van der Waals surface area (Å²) >= 11 is 0. The van der Waals surface area contributed by atoms with Crippen molar-refractivity contribution in [3.05, 3.63) is 0 Å². The van der Waals surface area contributed by atoms with Crippen LogP contribution in [0.1, 0.15) is 41.0 Å². The average Bonchev–Trinajstić information content (AvgIpc) is 2.49. The second-order valence-electron chi connectivity index (χ2n) is 4.73. The molecule has 0 radical (unpaired) electrons. The quantitative estimate of drug-likeness (QED) is 0.656. The molecule has 0 aromatic carbocycles. The first-order valence-corrected chi connectivity index (χ1v) is 5.08. The molecule has 0 aromatic rings. The van der Waals surface area contributed by atoms with Gasteiger partial charge in [-0.1, -0.05) is 6.92 Å². The Morgan fingerprint density at radius 1 is 1.31 bits per heavy atom. The first-order chi connectivity index (χ1) is 5.96. The van der Waals surface area contributed by atoms with Crippen LogP contribution in [-0.2, 0) is 4.74 Å². The van der Waals surface area contributed by atoms with Gasteiger partial charge in [-0.15, -0.1) is 0 Å². The van der Waals surface area contributed by atoms with E-state index < -0.39 is 0 Å². The van der Waals surface area contributed by atoms with Gasteiger partial charge < -0.3 is 4.74 Å². The highest BCUT2D eigenvalue weighted by atomic mass is 16.5. The normalized spacial score (nSPS) is 23.8. The van der Waals surface area contributed by atoms with E-state index in [2.05, 4.69) is 44.6 Å². The minimum Gasteiger partial charge on any atom is -0.348 e. The van der Waals surface area contributed by atoms with E-state index in [1.54, 1.807) is 0 Å². The molecule has 3 heteroatoms. The van der Waals surface area contributed by atoms with Gasteiger partial charge in [-0.05, 0) is 34.1 Å². The van der Waals surface area contributed by atoms with Gasteiger partial charge in [0.2, 0.25) is 0 Å². The third-order valence-corrected chi connectivity index (χ3v) is 2.62. The third-order valence-electron chi connectivity index (χ3n) is 2.62. The maximum absolute atomic E-state index is 5.47. The molecule has 1 atom stereocenters. The highest BCUT2D eigenvalue weighted by molar-refractivity contribution is 4.76. The maximum atomic E-state index is 5.47. The number of hydrogen-bond donors (Lipinski definition) is 0. The monoisotopic (exact) mass is 186 g/mol. The summed E-state index contributed by atoms with van der Waals surface area (Å²) < 4.78 is 5.47. The van der Waals surface area contributed by atoms with Crippen LogP contribution in [0.2, 0.25) is 0 Å². The molecule has 1 heterocycles. The molecule has 0 unspecified atom stereocenters. The highest BCUT2D eigenvalue weighted by Crippen LogP contribution is 2.23. The predicted molar refractivity (Wildman–Crippen MR) is 54.0 cm³/mol. The molecule has 0 aliphatic carbocycles. The van der Waals surface area contributed by atoms with Gasteiger partial charge in [0, 0.05) is 11.6 Å². The first-order valence-electron chi connectivity index (χ1n) is 5.08. The van der Waals surface area contributed by atoms with Gasteiger partial charge in [0.25, 0.3) is 0 Å². The largest absolute Gasteiger partial charge is 0.348 e. The van der Waals surface area contributed by atoms with E-state index in [0.29, 0.717) is 6.04 Å². The van der Waals surface area contributed by atoms with Crippen LogP contribution in [0, 0.1) is 0 Å². The van der Waals surface area contributed by atoms with Crippen molar-refractivity contribution in [1.29, 1.82) is 0 Å². The summed E-state index contributed by atoms with van der Waals surface area (Å²) in [5.74, 6) is 0. The van der Waals surface area contributed by atoms with Crippen LogP contribution in [0.5, 0.6) is 0 Å². The van der Waals surface area contributed by atoms with Crippen molar-refractivity contribution >= 4 is 0 Å². The standard InChI is InChI=1S/C10H22N2O/c1-6-9(2)11-7-13-8-12(11)10(3,4)5/h9H,6-8H2,1-5H3/t9-/m0/s1. The fourth-order valence-corrected chi connectivity index (χ4v) is 1.52. The molecular weight excluding hydrogens is 164 g/mol. The van der Waals surface area contributed by atoms with Gasteiger partial charge in [0.15, 0.2) is 0 Å². The molecule has 0 amide bonds. The summed E-state index contributed by atoms with van der Waals surface area (Å²) in [5, 5.41) is 4.63. The molecule has 1 fully saturated rings. The Morgan fingerprint density at radius 3 is 2.38 bits per heavy atom. The van der Waals surface area contributed by atoms with Gasteiger partial charge >= 0.3 is 0 Å². The first kappa shape index (κ1) is 11.0. The Hall–Kier alpha value is -0.120. The van der Waals surface area contributed by atoms with Crippen molar-refractivity contribution in [3.63, 3.8) is 0 Å². The van der Waals surface area contributed by atoms with E-state index in [1.807, 2.05) is 0 Å². The van der Waals surface area contributed by atoms with Crippen molar-refractivity contribution < 1.29 is 4.74 Å². The minimum atomic E-state index is 0.167. The molecule has 0 saturated carbocycles. The van der Waals surface area contributed by atoms with Gasteiger partial charge in [0.05, 0.1) is 0 Å². The van der Waals surface area contributed by atoms with Gasteiger partial charge in [-0.25, -0.2) is 10.0 Å². The fourth-order valence-electron chi connectivity index (χ4n) is 1.52. The summed E-state index contributed by atoms with van der Waals surface area (Å²) in [7, 11) is 0. The fraction of sp³-hybridized carbons (Fsp3) is 1.00. The topological polar surface area (TPSA) is 15.7 Å². The van der Waals surface area contributed by atoms with Crippen LogP contribution in [-0.4, -0.2) is 35.1 Å². The highest BCUT2D eigenvalue weighted by Gasteiger charge is 2.33. The van der Waals surface area contributed by atoms with E-state index in [-0.39, 0.29) is 5.54 Å². The smallest absolute Gasteiger partial charge is 0.114 e. The zero-order chi connectivity index (χ0) is 10.1. The molecule has 1 saturated heterocycles. The van der Waals surface area contributed by atoms with Crippen LogP contribution in [0.4, 0.5) is 0 Å². The van der Waals surface area contributed by atoms with Crippen LogP contribution < -0.4 is 0 Å². The predicted octanol–water partition coefficient (Wildman–Crippen LogP) is 2.05. The summed E-state index contributed by atoms with van der Waals surface area (Å²) in [6.45, 7) is 12.6. The molecule has 1 aliphatic heterocycles. The lowest BCUT2D eigenvalue weighted by Gasteiger charge is -2.39. The molecule has 0 bridgehead atoms. The zero-order valence-corrected chi connectivity index (χ0v) is 9.50. The van der Waals surface area contributed by atoms with E-state index >= 15 is 0 Å². The van der Waals surface area contributed by atoms with E-state index in [0.717, 1.165) is 19.9 Å². The van der Waals surface area contributed by atoms with Crippen molar-refractivity contribution in [2.24, 2.45) is 0 Å². The Labute approximate surface area is 81.6 Å². The maximum Gasteiger partial charge on any atom is 0.114 e. The Kier molecular flexibility index (Phi) is 3.33. The second kappa shape index (κ2) is 3.95. The van der Waals surface area contributed by atoms with Gasteiger partial charge in [0.1, 0.15) is 13.5 Å². The van der Waals surface area contributed by atoms with Crippen molar-refractivity contribution in [1.82, 2.24) is 10.0 Å².